The quantitative estimate of drug-likeness (QED) is 0.312. The summed E-state index contributed by atoms with van der Waals surface area (Å²) in [5.41, 5.74) is 5.35. The Morgan fingerprint density at radius 2 is 1.94 bits per heavy atom. The highest BCUT2D eigenvalue weighted by molar-refractivity contribution is 14.1. The van der Waals surface area contributed by atoms with Gasteiger partial charge in [-0.2, -0.15) is 0 Å². The Hall–Kier alpha value is -0.370. The third-order valence-electron chi connectivity index (χ3n) is 2.37. The van der Waals surface area contributed by atoms with E-state index in [2.05, 4.69) is 27.9 Å². The number of carbonyl (C=O) groups excluding carboxylic acids is 1. The molecule has 0 aromatic rings. The third kappa shape index (κ3) is 10.5. The number of hydrogen-bond acceptors (Lipinski definition) is 3. The number of alkyl halides is 1. The van der Waals surface area contributed by atoms with E-state index in [-0.39, 0.29) is 5.91 Å². The van der Waals surface area contributed by atoms with Crippen LogP contribution < -0.4 is 11.1 Å². The first-order valence-electron chi connectivity index (χ1n) is 5.89. The second-order valence-electron chi connectivity index (χ2n) is 3.94. The largest absolute Gasteiger partial charge is 0.480 e. The first-order valence-corrected chi connectivity index (χ1v) is 7.41. The van der Waals surface area contributed by atoms with Gasteiger partial charge < -0.3 is 16.2 Å². The summed E-state index contributed by atoms with van der Waals surface area (Å²) in [7, 11) is 0. The number of rotatable bonds is 10. The molecule has 0 unspecified atom stereocenters. The summed E-state index contributed by atoms with van der Waals surface area (Å²) in [6, 6.07) is -0.783. The maximum absolute atomic E-state index is 11.3. The van der Waals surface area contributed by atoms with Crippen molar-refractivity contribution in [1.29, 1.82) is 0 Å². The summed E-state index contributed by atoms with van der Waals surface area (Å²) in [5, 5.41) is 11.4. The summed E-state index contributed by atoms with van der Waals surface area (Å²) in [6.45, 7) is 0.607. The number of aliphatic carboxylic acids is 1. The predicted molar refractivity (Wildman–Crippen MR) is 75.2 cm³/mol. The molecule has 0 fully saturated rings. The minimum atomic E-state index is -0.965. The molecule has 4 N–H and O–H groups in total. The van der Waals surface area contributed by atoms with E-state index in [1.807, 2.05) is 0 Å². The molecule has 5 nitrogen and oxygen atoms in total. The highest BCUT2D eigenvalue weighted by Crippen LogP contribution is 2.00. The number of unbranched alkanes of at least 4 members (excludes halogenated alkanes) is 2. The molecule has 0 saturated carbocycles. The van der Waals surface area contributed by atoms with Crippen molar-refractivity contribution in [3.63, 3.8) is 0 Å². The van der Waals surface area contributed by atoms with Gasteiger partial charge in [-0.3, -0.25) is 9.59 Å². The molecular formula is C11H21IN2O3. The van der Waals surface area contributed by atoms with Gasteiger partial charge in [-0.15, -0.1) is 0 Å². The zero-order chi connectivity index (χ0) is 13.1. The van der Waals surface area contributed by atoms with Crippen LogP contribution in [0.1, 0.15) is 38.5 Å². The molecule has 0 aliphatic carbocycles. The molecule has 100 valence electrons. The van der Waals surface area contributed by atoms with Crippen LogP contribution in [0.3, 0.4) is 0 Å². The molecule has 0 aliphatic heterocycles. The van der Waals surface area contributed by atoms with Gasteiger partial charge in [0.25, 0.3) is 0 Å². The van der Waals surface area contributed by atoms with E-state index in [0.29, 0.717) is 19.4 Å². The van der Waals surface area contributed by atoms with Crippen LogP contribution >= 0.6 is 22.6 Å². The van der Waals surface area contributed by atoms with Crippen LogP contribution in [0.2, 0.25) is 0 Å². The number of carbonyl (C=O) groups is 2. The van der Waals surface area contributed by atoms with Gasteiger partial charge in [-0.05, 0) is 36.5 Å². The van der Waals surface area contributed by atoms with Crippen LogP contribution in [-0.2, 0) is 9.59 Å². The van der Waals surface area contributed by atoms with E-state index < -0.39 is 12.0 Å². The third-order valence-corrected chi connectivity index (χ3v) is 3.13. The Bertz CT molecular complexity index is 237. The number of nitrogens with two attached hydrogens (primary N) is 1. The van der Waals surface area contributed by atoms with E-state index in [1.54, 1.807) is 0 Å². The van der Waals surface area contributed by atoms with E-state index in [0.717, 1.165) is 30.1 Å². The van der Waals surface area contributed by atoms with Crippen LogP contribution in [0.25, 0.3) is 0 Å². The summed E-state index contributed by atoms with van der Waals surface area (Å²) < 4.78 is 1.08. The fourth-order valence-electron chi connectivity index (χ4n) is 1.31. The Kier molecular flexibility index (Phi) is 10.5. The van der Waals surface area contributed by atoms with Crippen molar-refractivity contribution >= 4 is 34.5 Å². The average molecular weight is 356 g/mol. The molecule has 0 aromatic carbocycles. The van der Waals surface area contributed by atoms with E-state index >= 15 is 0 Å². The molecule has 1 amide bonds. The average Bonchev–Trinajstić information content (AvgIpc) is 2.28. The first-order chi connectivity index (χ1) is 8.07. The van der Waals surface area contributed by atoms with Crippen molar-refractivity contribution < 1.29 is 14.7 Å². The molecule has 1 atom stereocenters. The van der Waals surface area contributed by atoms with Gasteiger partial charge in [0, 0.05) is 13.0 Å². The van der Waals surface area contributed by atoms with Crippen molar-refractivity contribution in [2.75, 3.05) is 11.0 Å². The van der Waals surface area contributed by atoms with Crippen LogP contribution in [0.4, 0.5) is 0 Å². The zero-order valence-electron chi connectivity index (χ0n) is 9.95. The summed E-state index contributed by atoms with van der Waals surface area (Å²) in [4.78, 5) is 21.7. The molecule has 0 spiro atoms. The second-order valence-corrected chi connectivity index (χ2v) is 5.02. The van der Waals surface area contributed by atoms with Crippen molar-refractivity contribution in [3.05, 3.63) is 0 Å². The summed E-state index contributed by atoms with van der Waals surface area (Å²) in [5.74, 6) is -0.884. The smallest absolute Gasteiger partial charge is 0.320 e. The number of nitrogens with one attached hydrogen (secondary N) is 1. The number of hydrogen-bond donors (Lipinski definition) is 3. The van der Waals surface area contributed by atoms with E-state index in [1.165, 1.54) is 0 Å². The van der Waals surface area contributed by atoms with Crippen LogP contribution in [0.15, 0.2) is 0 Å². The lowest BCUT2D eigenvalue weighted by atomic mass is 10.1. The van der Waals surface area contributed by atoms with Gasteiger partial charge in [0.15, 0.2) is 0 Å². The lowest BCUT2D eigenvalue weighted by molar-refractivity contribution is -0.138. The zero-order valence-corrected chi connectivity index (χ0v) is 12.1. The van der Waals surface area contributed by atoms with Crippen LogP contribution in [-0.4, -0.2) is 34.0 Å². The van der Waals surface area contributed by atoms with Gasteiger partial charge in [0.1, 0.15) is 6.04 Å². The molecule has 0 radical (unpaired) electrons. The van der Waals surface area contributed by atoms with Gasteiger partial charge in [-0.25, -0.2) is 0 Å². The number of carboxylic acid groups (broad SMARTS) is 1. The molecule has 17 heavy (non-hydrogen) atoms. The van der Waals surface area contributed by atoms with E-state index in [9.17, 15) is 9.59 Å². The molecule has 0 rings (SSSR count). The molecule has 0 heterocycles. The molecule has 0 bridgehead atoms. The molecule has 0 saturated heterocycles. The van der Waals surface area contributed by atoms with Gasteiger partial charge in [0.05, 0.1) is 0 Å². The van der Waals surface area contributed by atoms with Crippen molar-refractivity contribution in [1.82, 2.24) is 5.32 Å². The minimum Gasteiger partial charge on any atom is -0.480 e. The summed E-state index contributed by atoms with van der Waals surface area (Å²) >= 11 is 2.29. The maximum Gasteiger partial charge on any atom is 0.320 e. The number of carboxylic acids is 1. The summed E-state index contributed by atoms with van der Waals surface area (Å²) in [6.07, 6.45) is 4.54. The molecular weight excluding hydrogens is 335 g/mol. The normalized spacial score (nSPS) is 12.1. The monoisotopic (exact) mass is 356 g/mol. The number of halogens is 1. The van der Waals surface area contributed by atoms with Crippen molar-refractivity contribution in [3.8, 4) is 0 Å². The fraction of sp³-hybridized carbons (Fsp3) is 0.818. The molecule has 0 aromatic heterocycles. The Morgan fingerprint density at radius 3 is 2.53 bits per heavy atom. The van der Waals surface area contributed by atoms with Crippen molar-refractivity contribution in [2.45, 2.75) is 44.6 Å². The first kappa shape index (κ1) is 16.6. The Labute approximate surface area is 116 Å². The molecule has 0 aliphatic rings. The Morgan fingerprint density at radius 1 is 1.24 bits per heavy atom. The second kappa shape index (κ2) is 10.8. The Balaban J connectivity index is 3.33. The standard InChI is InChI=1S/C11H21IN2O3/c12-7-3-1-6-10(15)14-8-4-2-5-9(13)11(16)17/h9H,1-8,13H2,(H,14,15)(H,16,17)/t9-/m0/s1. The molecule has 6 heteroatoms. The van der Waals surface area contributed by atoms with Crippen molar-refractivity contribution in [2.24, 2.45) is 5.73 Å². The lowest BCUT2D eigenvalue weighted by Crippen LogP contribution is -2.30. The van der Waals surface area contributed by atoms with Gasteiger partial charge >= 0.3 is 5.97 Å². The van der Waals surface area contributed by atoms with Crippen LogP contribution in [0, 0.1) is 0 Å². The fourth-order valence-corrected chi connectivity index (χ4v) is 1.85. The topological polar surface area (TPSA) is 92.4 Å². The lowest BCUT2D eigenvalue weighted by Gasteiger charge is -2.07. The minimum absolute atomic E-state index is 0.0809. The van der Waals surface area contributed by atoms with Gasteiger partial charge in [0.2, 0.25) is 5.91 Å². The highest BCUT2D eigenvalue weighted by Gasteiger charge is 2.10. The van der Waals surface area contributed by atoms with Crippen LogP contribution in [0.5, 0.6) is 0 Å². The number of amides is 1. The maximum atomic E-state index is 11.3. The van der Waals surface area contributed by atoms with E-state index in [4.69, 9.17) is 10.8 Å². The predicted octanol–water partition coefficient (Wildman–Crippen LogP) is 1.29. The highest BCUT2D eigenvalue weighted by atomic mass is 127. The SMILES string of the molecule is N[C@@H](CCCCNC(=O)CCCCI)C(=O)O. The van der Waals surface area contributed by atoms with Gasteiger partial charge in [-0.1, -0.05) is 22.6 Å².